The van der Waals surface area contributed by atoms with E-state index < -0.39 is 0 Å². The van der Waals surface area contributed by atoms with Gasteiger partial charge in [-0.15, -0.1) is 0 Å². The van der Waals surface area contributed by atoms with Crippen molar-refractivity contribution in [3.63, 3.8) is 0 Å². The van der Waals surface area contributed by atoms with Gasteiger partial charge in [0.1, 0.15) is 5.65 Å². The van der Waals surface area contributed by atoms with E-state index in [0.29, 0.717) is 17.8 Å². The summed E-state index contributed by atoms with van der Waals surface area (Å²) in [4.78, 5) is 21.1. The number of nitrogens with two attached hydrogens (primary N) is 1. The van der Waals surface area contributed by atoms with Gasteiger partial charge in [-0.2, -0.15) is 4.98 Å². The van der Waals surface area contributed by atoms with Crippen molar-refractivity contribution in [2.24, 2.45) is 0 Å². The lowest BCUT2D eigenvalue weighted by molar-refractivity contribution is 0.750. The van der Waals surface area contributed by atoms with E-state index in [2.05, 4.69) is 9.97 Å². The lowest BCUT2D eigenvalue weighted by Gasteiger charge is -2.12. The van der Waals surface area contributed by atoms with Crippen molar-refractivity contribution in [3.8, 4) is 11.1 Å². The second-order valence-corrected chi connectivity index (χ2v) is 4.88. The van der Waals surface area contributed by atoms with Gasteiger partial charge in [0.25, 0.3) is 5.56 Å². The minimum Gasteiger partial charge on any atom is -0.368 e. The normalized spacial score (nSPS) is 11.0. The van der Waals surface area contributed by atoms with Crippen molar-refractivity contribution in [1.29, 1.82) is 0 Å². The van der Waals surface area contributed by atoms with Gasteiger partial charge in [-0.05, 0) is 25.5 Å². The quantitative estimate of drug-likeness (QED) is 0.782. The van der Waals surface area contributed by atoms with Gasteiger partial charge in [0.05, 0.1) is 5.69 Å². The molecule has 0 atom stereocenters. The van der Waals surface area contributed by atoms with Crippen LogP contribution in [-0.2, 0) is 6.54 Å². The predicted octanol–water partition coefficient (Wildman–Crippen LogP) is 2.37. The molecule has 3 rings (SSSR count). The van der Waals surface area contributed by atoms with Crippen LogP contribution in [0.25, 0.3) is 22.2 Å². The van der Waals surface area contributed by atoms with Crippen LogP contribution in [0.5, 0.6) is 0 Å². The number of nitrogens with zero attached hydrogens (tertiary/aromatic N) is 3. The van der Waals surface area contributed by atoms with Crippen LogP contribution >= 0.6 is 0 Å². The van der Waals surface area contributed by atoms with Crippen LogP contribution in [-0.4, -0.2) is 14.5 Å². The lowest BCUT2D eigenvalue weighted by Crippen LogP contribution is -2.22. The van der Waals surface area contributed by atoms with Crippen LogP contribution in [0.4, 0.5) is 5.95 Å². The summed E-state index contributed by atoms with van der Waals surface area (Å²) < 4.78 is 1.64. The summed E-state index contributed by atoms with van der Waals surface area (Å²) in [5, 5.41) is 0.851. The Labute approximate surface area is 122 Å². The Kier molecular flexibility index (Phi) is 3.17. The van der Waals surface area contributed by atoms with Gasteiger partial charge in [0, 0.05) is 17.5 Å². The zero-order valence-corrected chi connectivity index (χ0v) is 12.0. The van der Waals surface area contributed by atoms with E-state index in [9.17, 15) is 4.79 Å². The molecule has 0 bridgehead atoms. The van der Waals surface area contributed by atoms with Crippen LogP contribution < -0.4 is 11.3 Å². The zero-order valence-electron chi connectivity index (χ0n) is 12.0. The molecule has 0 unspecified atom stereocenters. The molecule has 3 aromatic rings. The summed E-state index contributed by atoms with van der Waals surface area (Å²) in [7, 11) is 0. The molecule has 5 heteroatoms. The number of rotatable bonds is 2. The molecule has 0 radical (unpaired) electrons. The third-order valence-corrected chi connectivity index (χ3v) is 3.55. The molecule has 2 heterocycles. The highest BCUT2D eigenvalue weighted by Crippen LogP contribution is 2.22. The van der Waals surface area contributed by atoms with Gasteiger partial charge in [-0.25, -0.2) is 4.98 Å². The molecule has 5 nitrogen and oxygen atoms in total. The minimum atomic E-state index is -0.0614. The molecule has 0 saturated heterocycles. The average molecular weight is 280 g/mol. The number of nitrogen functional groups attached to an aromatic ring is 1. The van der Waals surface area contributed by atoms with Gasteiger partial charge in [0.15, 0.2) is 0 Å². The van der Waals surface area contributed by atoms with E-state index >= 15 is 0 Å². The zero-order chi connectivity index (χ0) is 15.0. The first-order chi connectivity index (χ1) is 10.1. The molecule has 0 amide bonds. The fraction of sp³-hybridized carbons (Fsp3) is 0.188. The first-order valence-corrected chi connectivity index (χ1v) is 6.85. The molecule has 0 aliphatic rings. The molecule has 1 aromatic carbocycles. The number of pyridine rings is 1. The molecular formula is C16H16N4O. The monoisotopic (exact) mass is 280 g/mol. The minimum absolute atomic E-state index is 0.0614. The van der Waals surface area contributed by atoms with Crippen LogP contribution in [0, 0.1) is 6.92 Å². The van der Waals surface area contributed by atoms with Crippen LogP contribution in [0.15, 0.2) is 41.2 Å². The Morgan fingerprint density at radius 2 is 1.90 bits per heavy atom. The van der Waals surface area contributed by atoms with E-state index in [1.807, 2.05) is 50.2 Å². The maximum atomic E-state index is 12.7. The number of hydrogen-bond donors (Lipinski definition) is 1. The topological polar surface area (TPSA) is 73.8 Å². The largest absolute Gasteiger partial charge is 0.368 e. The van der Waals surface area contributed by atoms with E-state index in [4.69, 9.17) is 5.73 Å². The summed E-state index contributed by atoms with van der Waals surface area (Å²) in [6, 6.07) is 11.5. The SMILES string of the molecule is CCn1c(=O)c(-c2ccccc2)cc2c(C)nc(N)nc21. The summed E-state index contributed by atoms with van der Waals surface area (Å²) in [5.74, 6) is 0.189. The Morgan fingerprint density at radius 3 is 2.57 bits per heavy atom. The van der Waals surface area contributed by atoms with E-state index in [0.717, 1.165) is 16.6 Å². The van der Waals surface area contributed by atoms with Crippen molar-refractivity contribution < 1.29 is 0 Å². The van der Waals surface area contributed by atoms with E-state index in [1.165, 1.54) is 0 Å². The number of fused-ring (bicyclic) bond motifs is 1. The standard InChI is InChI=1S/C16H16N4O/c1-3-20-14-12(10(2)18-16(17)19-14)9-13(15(20)21)11-7-5-4-6-8-11/h4-9H,3H2,1-2H3,(H2,17,18,19). The lowest BCUT2D eigenvalue weighted by atomic mass is 10.1. The molecule has 0 fully saturated rings. The van der Waals surface area contributed by atoms with E-state index in [-0.39, 0.29) is 11.5 Å². The molecule has 0 aliphatic heterocycles. The summed E-state index contributed by atoms with van der Waals surface area (Å²) >= 11 is 0. The highest BCUT2D eigenvalue weighted by Gasteiger charge is 2.13. The maximum absolute atomic E-state index is 12.7. The van der Waals surface area contributed by atoms with Crippen molar-refractivity contribution in [1.82, 2.24) is 14.5 Å². The second-order valence-electron chi connectivity index (χ2n) is 4.88. The predicted molar refractivity (Wildman–Crippen MR) is 84.1 cm³/mol. The van der Waals surface area contributed by atoms with Crippen molar-refractivity contribution in [2.75, 3.05) is 5.73 Å². The van der Waals surface area contributed by atoms with Gasteiger partial charge in [-0.3, -0.25) is 9.36 Å². The molecule has 0 aliphatic carbocycles. The van der Waals surface area contributed by atoms with Gasteiger partial charge in [0.2, 0.25) is 5.95 Å². The molecule has 2 N–H and O–H groups in total. The van der Waals surface area contributed by atoms with Crippen LogP contribution in [0.1, 0.15) is 12.6 Å². The first kappa shape index (κ1) is 13.3. The van der Waals surface area contributed by atoms with Crippen molar-refractivity contribution >= 4 is 17.0 Å². The summed E-state index contributed by atoms with van der Waals surface area (Å²) in [6.45, 7) is 4.33. The number of hydrogen-bond acceptors (Lipinski definition) is 4. The molecule has 2 aromatic heterocycles. The van der Waals surface area contributed by atoms with E-state index in [1.54, 1.807) is 4.57 Å². The number of aryl methyl sites for hydroxylation is 2. The van der Waals surface area contributed by atoms with Gasteiger partial charge >= 0.3 is 0 Å². The highest BCUT2D eigenvalue weighted by atomic mass is 16.1. The average Bonchev–Trinajstić information content (AvgIpc) is 2.47. The molecule has 106 valence electrons. The number of anilines is 1. The van der Waals surface area contributed by atoms with Crippen molar-refractivity contribution in [3.05, 3.63) is 52.4 Å². The fourth-order valence-corrected chi connectivity index (χ4v) is 2.53. The van der Waals surface area contributed by atoms with Crippen LogP contribution in [0.2, 0.25) is 0 Å². The Morgan fingerprint density at radius 1 is 1.19 bits per heavy atom. The maximum Gasteiger partial charge on any atom is 0.260 e. The first-order valence-electron chi connectivity index (χ1n) is 6.85. The highest BCUT2D eigenvalue weighted by molar-refractivity contribution is 5.83. The van der Waals surface area contributed by atoms with Crippen molar-refractivity contribution in [2.45, 2.75) is 20.4 Å². The number of benzene rings is 1. The third kappa shape index (κ3) is 2.16. The molecule has 0 spiro atoms. The Hall–Kier alpha value is -2.69. The molecule has 21 heavy (non-hydrogen) atoms. The smallest absolute Gasteiger partial charge is 0.260 e. The van der Waals surface area contributed by atoms with Crippen LogP contribution in [0.3, 0.4) is 0 Å². The Balaban J connectivity index is 2.44. The molecular weight excluding hydrogens is 264 g/mol. The van der Waals surface area contributed by atoms with Gasteiger partial charge in [-0.1, -0.05) is 30.3 Å². The summed E-state index contributed by atoms with van der Waals surface area (Å²) in [5.41, 5.74) is 8.56. The number of aromatic nitrogens is 3. The second kappa shape index (κ2) is 5.01. The third-order valence-electron chi connectivity index (χ3n) is 3.55. The fourth-order valence-electron chi connectivity index (χ4n) is 2.53. The van der Waals surface area contributed by atoms with Gasteiger partial charge < -0.3 is 5.73 Å². The molecule has 0 saturated carbocycles. The Bertz CT molecular complexity index is 869. The summed E-state index contributed by atoms with van der Waals surface area (Å²) in [6.07, 6.45) is 0.